The van der Waals surface area contributed by atoms with Crippen molar-refractivity contribution in [2.45, 2.75) is 25.4 Å². The third kappa shape index (κ3) is 2.67. The Morgan fingerprint density at radius 1 is 1.44 bits per heavy atom. The summed E-state index contributed by atoms with van der Waals surface area (Å²) >= 11 is 3.47. The van der Waals surface area contributed by atoms with Crippen molar-refractivity contribution < 1.29 is 0 Å². The molecule has 0 radical (unpaired) electrons. The van der Waals surface area contributed by atoms with Gasteiger partial charge in [-0.25, -0.2) is 4.99 Å². The first-order valence-corrected chi connectivity index (χ1v) is 6.83. The number of halogens is 1. The Hall–Kier alpha value is -1.49. The average molecular weight is 307 g/mol. The number of aromatic nitrogens is 1. The second-order valence-corrected chi connectivity index (χ2v) is 5.56. The predicted molar refractivity (Wildman–Crippen MR) is 77.5 cm³/mol. The summed E-state index contributed by atoms with van der Waals surface area (Å²) in [7, 11) is 0. The van der Waals surface area contributed by atoms with E-state index in [2.05, 4.69) is 49.4 Å². The van der Waals surface area contributed by atoms with E-state index in [1.807, 2.05) is 6.07 Å². The lowest BCUT2D eigenvalue weighted by Gasteiger charge is -2.01. The molecule has 1 aromatic carbocycles. The number of H-pyrrole nitrogens is 1. The van der Waals surface area contributed by atoms with Crippen molar-refractivity contribution in [3.8, 4) is 0 Å². The average Bonchev–Trinajstić information content (AvgIpc) is 3.04. The molecule has 0 saturated heterocycles. The van der Waals surface area contributed by atoms with Gasteiger partial charge in [-0.15, -0.1) is 0 Å². The minimum Gasteiger partial charge on any atom is -0.370 e. The number of aliphatic imine (C=N–C) groups is 1. The quantitative estimate of drug-likeness (QED) is 0.602. The summed E-state index contributed by atoms with van der Waals surface area (Å²) in [5.74, 6) is 0.539. The molecule has 0 atom stereocenters. The monoisotopic (exact) mass is 306 g/mol. The smallest absolute Gasteiger partial charge is 0.189 e. The number of hydrogen-bond acceptors (Lipinski definition) is 1. The normalized spacial score (nSPS) is 16.2. The number of nitrogens with one attached hydrogen (secondary N) is 2. The van der Waals surface area contributed by atoms with Crippen LogP contribution in [0.1, 0.15) is 18.5 Å². The Bertz CT molecular complexity index is 598. The van der Waals surface area contributed by atoms with Gasteiger partial charge >= 0.3 is 0 Å². The van der Waals surface area contributed by atoms with E-state index in [1.165, 1.54) is 18.2 Å². The first kappa shape index (κ1) is 11.6. The fourth-order valence-corrected chi connectivity index (χ4v) is 2.28. The molecular formula is C13H15BrN4. The summed E-state index contributed by atoms with van der Waals surface area (Å²) in [6.07, 6.45) is 2.41. The molecule has 1 heterocycles. The summed E-state index contributed by atoms with van der Waals surface area (Å²) in [4.78, 5) is 7.67. The van der Waals surface area contributed by atoms with Gasteiger partial charge in [0.15, 0.2) is 5.96 Å². The van der Waals surface area contributed by atoms with Gasteiger partial charge in [0, 0.05) is 27.1 Å². The van der Waals surface area contributed by atoms with E-state index in [0.717, 1.165) is 15.7 Å². The highest BCUT2D eigenvalue weighted by atomic mass is 79.9. The van der Waals surface area contributed by atoms with E-state index in [4.69, 9.17) is 5.73 Å². The van der Waals surface area contributed by atoms with E-state index in [1.54, 1.807) is 0 Å². The molecule has 4 nitrogen and oxygen atoms in total. The molecule has 94 valence electrons. The molecule has 18 heavy (non-hydrogen) atoms. The Labute approximate surface area is 114 Å². The van der Waals surface area contributed by atoms with Crippen LogP contribution in [0.25, 0.3) is 10.9 Å². The number of nitrogens with zero attached hydrogens (tertiary/aromatic N) is 1. The molecule has 0 aliphatic heterocycles. The molecule has 0 spiro atoms. The van der Waals surface area contributed by atoms with Crippen LogP contribution in [0.15, 0.2) is 33.7 Å². The number of rotatable bonds is 3. The van der Waals surface area contributed by atoms with Crippen LogP contribution in [0.4, 0.5) is 0 Å². The zero-order valence-electron chi connectivity index (χ0n) is 9.91. The largest absolute Gasteiger partial charge is 0.370 e. The minimum absolute atomic E-state index is 0.539. The van der Waals surface area contributed by atoms with Crippen molar-refractivity contribution in [1.29, 1.82) is 0 Å². The number of fused-ring (bicyclic) bond motifs is 1. The van der Waals surface area contributed by atoms with Crippen LogP contribution in [0.5, 0.6) is 0 Å². The van der Waals surface area contributed by atoms with Gasteiger partial charge in [0.25, 0.3) is 0 Å². The zero-order valence-corrected chi connectivity index (χ0v) is 11.5. The highest BCUT2D eigenvalue weighted by Crippen LogP contribution is 2.21. The second-order valence-electron chi connectivity index (χ2n) is 4.65. The molecule has 1 aliphatic carbocycles. The van der Waals surface area contributed by atoms with Gasteiger partial charge in [0.2, 0.25) is 0 Å². The first-order valence-electron chi connectivity index (χ1n) is 6.04. The van der Waals surface area contributed by atoms with Crippen LogP contribution in [-0.4, -0.2) is 17.0 Å². The van der Waals surface area contributed by atoms with Crippen molar-refractivity contribution in [1.82, 2.24) is 10.3 Å². The molecule has 4 N–H and O–H groups in total. The third-order valence-electron chi connectivity index (χ3n) is 2.99. The Balaban J connectivity index is 1.73. The maximum absolute atomic E-state index is 5.80. The summed E-state index contributed by atoms with van der Waals surface area (Å²) in [5.41, 5.74) is 7.99. The highest BCUT2D eigenvalue weighted by molar-refractivity contribution is 9.10. The van der Waals surface area contributed by atoms with Gasteiger partial charge in [-0.2, -0.15) is 0 Å². The van der Waals surface area contributed by atoms with Gasteiger partial charge in [0.05, 0.1) is 6.54 Å². The van der Waals surface area contributed by atoms with Crippen LogP contribution in [0.3, 0.4) is 0 Å². The maximum atomic E-state index is 5.80. The third-order valence-corrected chi connectivity index (χ3v) is 3.48. The lowest BCUT2D eigenvalue weighted by Crippen LogP contribution is -2.33. The fraction of sp³-hybridized carbons (Fsp3) is 0.308. The molecule has 2 aromatic rings. The van der Waals surface area contributed by atoms with Crippen molar-refractivity contribution in [3.63, 3.8) is 0 Å². The molecule has 1 fully saturated rings. The van der Waals surface area contributed by atoms with E-state index < -0.39 is 0 Å². The Morgan fingerprint density at radius 3 is 3.06 bits per heavy atom. The minimum atomic E-state index is 0.539. The van der Waals surface area contributed by atoms with Crippen LogP contribution < -0.4 is 11.1 Å². The molecule has 5 heteroatoms. The van der Waals surface area contributed by atoms with Crippen LogP contribution in [-0.2, 0) is 6.54 Å². The molecule has 0 bridgehead atoms. The van der Waals surface area contributed by atoms with Gasteiger partial charge < -0.3 is 16.0 Å². The lowest BCUT2D eigenvalue weighted by molar-refractivity contribution is 0.875. The summed E-state index contributed by atoms with van der Waals surface area (Å²) in [6, 6.07) is 8.82. The molecule has 1 aromatic heterocycles. The van der Waals surface area contributed by atoms with Crippen LogP contribution >= 0.6 is 15.9 Å². The molecule has 1 saturated carbocycles. The molecule has 1 aliphatic rings. The fourth-order valence-electron chi connectivity index (χ4n) is 1.90. The number of guanidine groups is 1. The Morgan fingerprint density at radius 2 is 2.28 bits per heavy atom. The molecular weight excluding hydrogens is 292 g/mol. The molecule has 0 unspecified atom stereocenters. The number of benzene rings is 1. The van der Waals surface area contributed by atoms with Crippen molar-refractivity contribution in [2.24, 2.45) is 10.7 Å². The molecule has 3 rings (SSSR count). The number of aromatic amines is 1. The number of hydrogen-bond donors (Lipinski definition) is 3. The summed E-state index contributed by atoms with van der Waals surface area (Å²) < 4.78 is 1.08. The van der Waals surface area contributed by atoms with Gasteiger partial charge in [0.1, 0.15) is 0 Å². The van der Waals surface area contributed by atoms with Crippen LogP contribution in [0.2, 0.25) is 0 Å². The van der Waals surface area contributed by atoms with E-state index in [-0.39, 0.29) is 0 Å². The van der Waals surface area contributed by atoms with E-state index >= 15 is 0 Å². The van der Waals surface area contributed by atoms with Crippen LogP contribution in [0, 0.1) is 0 Å². The highest BCUT2D eigenvalue weighted by Gasteiger charge is 2.21. The number of nitrogens with two attached hydrogens (primary N) is 1. The topological polar surface area (TPSA) is 66.2 Å². The first-order chi connectivity index (χ1) is 8.70. The zero-order chi connectivity index (χ0) is 12.5. The van der Waals surface area contributed by atoms with Gasteiger partial charge in [-0.3, -0.25) is 0 Å². The van der Waals surface area contributed by atoms with Gasteiger partial charge in [-0.1, -0.05) is 15.9 Å². The predicted octanol–water partition coefficient (Wildman–Crippen LogP) is 2.50. The van der Waals surface area contributed by atoms with E-state index in [9.17, 15) is 0 Å². The van der Waals surface area contributed by atoms with Gasteiger partial charge in [-0.05, 0) is 37.1 Å². The lowest BCUT2D eigenvalue weighted by atomic mass is 10.2. The SMILES string of the molecule is NC(=NCc1cc2cc(Br)ccc2[nH]1)NC1CC1. The van der Waals surface area contributed by atoms with Crippen molar-refractivity contribution in [2.75, 3.05) is 0 Å². The summed E-state index contributed by atoms with van der Waals surface area (Å²) in [5, 5.41) is 4.36. The van der Waals surface area contributed by atoms with Crippen molar-refractivity contribution >= 4 is 32.8 Å². The standard InChI is InChI=1S/C13H15BrN4/c14-9-1-4-12-8(5-9)6-11(17-12)7-16-13(15)18-10-2-3-10/h1,4-6,10,17H,2-3,7H2,(H3,15,16,18). The Kier molecular flexibility index (Phi) is 2.99. The van der Waals surface area contributed by atoms with Crippen molar-refractivity contribution in [3.05, 3.63) is 34.4 Å². The summed E-state index contributed by atoms with van der Waals surface area (Å²) in [6.45, 7) is 0.581. The maximum Gasteiger partial charge on any atom is 0.189 e. The van der Waals surface area contributed by atoms with E-state index in [0.29, 0.717) is 18.5 Å². The second kappa shape index (κ2) is 4.65. The molecule has 0 amide bonds.